The predicted octanol–water partition coefficient (Wildman–Crippen LogP) is 2.51. The van der Waals surface area contributed by atoms with Gasteiger partial charge in [-0.05, 0) is 18.2 Å². The zero-order chi connectivity index (χ0) is 12.3. The van der Waals surface area contributed by atoms with Crippen LogP contribution in [-0.2, 0) is 6.54 Å². The van der Waals surface area contributed by atoms with Gasteiger partial charge in [-0.2, -0.15) is 0 Å². The second kappa shape index (κ2) is 5.09. The van der Waals surface area contributed by atoms with Crippen molar-refractivity contribution in [2.45, 2.75) is 6.54 Å². The minimum atomic E-state index is -0.405. The molecule has 1 aromatic heterocycles. The summed E-state index contributed by atoms with van der Waals surface area (Å²) < 4.78 is 18.6. The van der Waals surface area contributed by atoms with Crippen LogP contribution in [0.4, 0.5) is 4.39 Å². The molecule has 88 valence electrons. The maximum absolute atomic E-state index is 13.4. The van der Waals surface area contributed by atoms with E-state index in [2.05, 4.69) is 30.9 Å². The molecule has 1 heterocycles. The molecule has 6 heteroatoms. The van der Waals surface area contributed by atoms with Crippen LogP contribution in [0.1, 0.15) is 16.1 Å². The second-order valence-corrected chi connectivity index (χ2v) is 4.22. The van der Waals surface area contributed by atoms with Crippen LogP contribution in [-0.4, -0.2) is 11.1 Å². The summed E-state index contributed by atoms with van der Waals surface area (Å²) in [5, 5.41) is 6.03. The second-order valence-electron chi connectivity index (χ2n) is 3.30. The minimum Gasteiger partial charge on any atom is -0.364 e. The van der Waals surface area contributed by atoms with E-state index in [1.54, 1.807) is 12.1 Å². The highest BCUT2D eigenvalue weighted by Gasteiger charge is 2.09. The molecular weight excluding hydrogens is 291 g/mol. The van der Waals surface area contributed by atoms with Crippen LogP contribution >= 0.6 is 15.9 Å². The van der Waals surface area contributed by atoms with Crippen LogP contribution < -0.4 is 5.32 Å². The van der Waals surface area contributed by atoms with Crippen molar-refractivity contribution >= 4 is 21.8 Å². The number of hydrogen-bond acceptors (Lipinski definition) is 3. The highest BCUT2D eigenvalue weighted by molar-refractivity contribution is 9.10. The zero-order valence-corrected chi connectivity index (χ0v) is 10.2. The molecule has 0 atom stereocenters. The molecule has 0 aliphatic heterocycles. The van der Waals surface area contributed by atoms with Crippen LogP contribution in [0.2, 0.25) is 0 Å². The summed E-state index contributed by atoms with van der Waals surface area (Å²) in [4.78, 5) is 11.5. The van der Waals surface area contributed by atoms with Gasteiger partial charge in [-0.25, -0.2) is 4.39 Å². The van der Waals surface area contributed by atoms with Gasteiger partial charge < -0.3 is 9.84 Å². The molecule has 0 bridgehead atoms. The summed E-state index contributed by atoms with van der Waals surface area (Å²) in [5.74, 6) is -0.772. The van der Waals surface area contributed by atoms with E-state index in [1.165, 1.54) is 18.4 Å². The fourth-order valence-electron chi connectivity index (χ4n) is 1.27. The van der Waals surface area contributed by atoms with E-state index in [4.69, 9.17) is 0 Å². The molecule has 0 fully saturated rings. The van der Waals surface area contributed by atoms with Crippen molar-refractivity contribution in [2.75, 3.05) is 0 Å². The molecule has 0 radical (unpaired) electrons. The first-order valence-corrected chi connectivity index (χ1v) is 5.58. The summed E-state index contributed by atoms with van der Waals surface area (Å²) in [6.07, 6.45) is 1.30. The molecule has 17 heavy (non-hydrogen) atoms. The number of nitrogens with zero attached hydrogens (tertiary/aromatic N) is 1. The number of hydrogen-bond donors (Lipinski definition) is 1. The SMILES string of the molecule is O=C(NCc1cc(Br)ccc1F)c1ccon1. The van der Waals surface area contributed by atoms with Crippen molar-refractivity contribution in [3.8, 4) is 0 Å². The highest BCUT2D eigenvalue weighted by atomic mass is 79.9. The van der Waals surface area contributed by atoms with Gasteiger partial charge in [0, 0.05) is 22.6 Å². The molecule has 1 amide bonds. The molecule has 0 saturated heterocycles. The van der Waals surface area contributed by atoms with Gasteiger partial charge in [-0.15, -0.1) is 0 Å². The monoisotopic (exact) mass is 298 g/mol. The normalized spacial score (nSPS) is 10.2. The molecule has 0 unspecified atom stereocenters. The van der Waals surface area contributed by atoms with E-state index in [-0.39, 0.29) is 18.1 Å². The molecule has 1 N–H and O–H groups in total. The van der Waals surface area contributed by atoms with E-state index in [0.29, 0.717) is 5.56 Å². The topological polar surface area (TPSA) is 55.1 Å². The molecule has 2 rings (SSSR count). The van der Waals surface area contributed by atoms with E-state index in [1.807, 2.05) is 0 Å². The van der Waals surface area contributed by atoms with Crippen molar-refractivity contribution in [2.24, 2.45) is 0 Å². The molecule has 4 nitrogen and oxygen atoms in total. The number of aromatic nitrogens is 1. The van der Waals surface area contributed by atoms with Gasteiger partial charge in [0.25, 0.3) is 5.91 Å². The number of nitrogens with one attached hydrogen (secondary N) is 1. The van der Waals surface area contributed by atoms with Crippen molar-refractivity contribution in [1.29, 1.82) is 0 Å². The fourth-order valence-corrected chi connectivity index (χ4v) is 1.68. The molecule has 0 spiro atoms. The van der Waals surface area contributed by atoms with Gasteiger partial charge >= 0.3 is 0 Å². The number of halogens is 2. The van der Waals surface area contributed by atoms with Crippen molar-refractivity contribution in [1.82, 2.24) is 10.5 Å². The first-order chi connectivity index (χ1) is 8.16. The first kappa shape index (κ1) is 11.8. The summed E-state index contributed by atoms with van der Waals surface area (Å²) in [6, 6.07) is 5.98. The third-order valence-electron chi connectivity index (χ3n) is 2.12. The Kier molecular flexibility index (Phi) is 3.53. The Morgan fingerprint density at radius 1 is 1.47 bits per heavy atom. The van der Waals surface area contributed by atoms with Gasteiger partial charge in [0.15, 0.2) is 5.69 Å². The van der Waals surface area contributed by atoms with Gasteiger partial charge in [-0.1, -0.05) is 21.1 Å². The van der Waals surface area contributed by atoms with Crippen molar-refractivity contribution < 1.29 is 13.7 Å². The number of amides is 1. The third-order valence-corrected chi connectivity index (χ3v) is 2.61. The van der Waals surface area contributed by atoms with Crippen LogP contribution in [0.15, 0.2) is 39.5 Å². The van der Waals surface area contributed by atoms with Gasteiger partial charge in [0.1, 0.15) is 12.1 Å². The lowest BCUT2D eigenvalue weighted by atomic mass is 10.2. The maximum atomic E-state index is 13.4. The van der Waals surface area contributed by atoms with Gasteiger partial charge in [-0.3, -0.25) is 4.79 Å². The Balaban J connectivity index is 2.03. The standard InChI is InChI=1S/C11H8BrFN2O2/c12-8-1-2-9(13)7(5-8)6-14-11(16)10-3-4-17-15-10/h1-5H,6H2,(H,14,16). The highest BCUT2D eigenvalue weighted by Crippen LogP contribution is 2.15. The molecule has 1 aromatic carbocycles. The van der Waals surface area contributed by atoms with Gasteiger partial charge in [0.05, 0.1) is 0 Å². The smallest absolute Gasteiger partial charge is 0.273 e. The Morgan fingerprint density at radius 3 is 3.00 bits per heavy atom. The zero-order valence-electron chi connectivity index (χ0n) is 8.61. The average Bonchev–Trinajstić information content (AvgIpc) is 2.83. The summed E-state index contributed by atoms with van der Waals surface area (Å²) in [6.45, 7) is 0.0942. The van der Waals surface area contributed by atoms with Crippen molar-refractivity contribution in [3.05, 3.63) is 52.1 Å². The first-order valence-electron chi connectivity index (χ1n) is 4.79. The van der Waals surface area contributed by atoms with E-state index in [9.17, 15) is 9.18 Å². The van der Waals surface area contributed by atoms with Crippen LogP contribution in [0.25, 0.3) is 0 Å². The number of carbonyl (C=O) groups excluding carboxylic acids is 1. The Bertz CT molecular complexity index is 528. The van der Waals surface area contributed by atoms with Crippen molar-refractivity contribution in [3.63, 3.8) is 0 Å². The number of rotatable bonds is 3. The van der Waals surface area contributed by atoms with Gasteiger partial charge in [0.2, 0.25) is 0 Å². The summed E-state index contributed by atoms with van der Waals surface area (Å²) in [7, 11) is 0. The average molecular weight is 299 g/mol. The lowest BCUT2D eigenvalue weighted by Crippen LogP contribution is -2.23. The maximum Gasteiger partial charge on any atom is 0.273 e. The van der Waals surface area contributed by atoms with Crippen LogP contribution in [0.3, 0.4) is 0 Å². The van der Waals surface area contributed by atoms with E-state index < -0.39 is 5.91 Å². The summed E-state index contributed by atoms with van der Waals surface area (Å²) in [5.41, 5.74) is 0.566. The Morgan fingerprint density at radius 2 is 2.29 bits per heavy atom. The Labute approximate surface area is 105 Å². The van der Waals surface area contributed by atoms with E-state index in [0.717, 1.165) is 4.47 Å². The minimum absolute atomic E-state index is 0.0942. The quantitative estimate of drug-likeness (QED) is 0.947. The van der Waals surface area contributed by atoms with Crippen LogP contribution in [0, 0.1) is 5.82 Å². The lowest BCUT2D eigenvalue weighted by molar-refractivity contribution is 0.0941. The fraction of sp³-hybridized carbons (Fsp3) is 0.0909. The largest absolute Gasteiger partial charge is 0.364 e. The summed E-state index contributed by atoms with van der Waals surface area (Å²) >= 11 is 3.24. The molecule has 2 aromatic rings. The van der Waals surface area contributed by atoms with E-state index >= 15 is 0 Å². The Hall–Kier alpha value is -1.69. The number of benzene rings is 1. The molecule has 0 aliphatic carbocycles. The number of carbonyl (C=O) groups is 1. The molecular formula is C11H8BrFN2O2. The molecule has 0 aliphatic rings. The predicted molar refractivity (Wildman–Crippen MR) is 61.8 cm³/mol. The lowest BCUT2D eigenvalue weighted by Gasteiger charge is -2.05. The molecule has 0 saturated carbocycles. The van der Waals surface area contributed by atoms with Crippen LogP contribution in [0.5, 0.6) is 0 Å². The third kappa shape index (κ3) is 2.91.